The first kappa shape index (κ1) is 11.2. The maximum atomic E-state index is 11.1. The number of aromatic nitrogens is 4. The van der Waals surface area contributed by atoms with E-state index in [9.17, 15) is 10.1 Å². The Morgan fingerprint density at radius 3 is 2.89 bits per heavy atom. The molecule has 0 atom stereocenters. The Hall–Kier alpha value is -2.90. The molecule has 0 aliphatic rings. The summed E-state index contributed by atoms with van der Waals surface area (Å²) in [5, 5.41) is 22.7. The molecule has 0 unspecified atom stereocenters. The molecule has 0 aliphatic heterocycles. The number of benzene rings is 1. The van der Waals surface area contributed by atoms with Crippen LogP contribution in [0.5, 0.6) is 0 Å². The summed E-state index contributed by atoms with van der Waals surface area (Å²) in [6.45, 7) is 1.78. The van der Waals surface area contributed by atoms with E-state index in [-0.39, 0.29) is 5.69 Å². The number of anilines is 1. The SMILES string of the molecule is Cc1nn(-c2ccccc2[N+](=O)[O-])c2n[nH]c(N)c12. The number of fused-ring (bicyclic) bond motifs is 1. The van der Waals surface area contributed by atoms with E-state index in [4.69, 9.17) is 5.73 Å². The van der Waals surface area contributed by atoms with Gasteiger partial charge in [-0.15, -0.1) is 0 Å². The average Bonchev–Trinajstić information content (AvgIpc) is 2.92. The molecule has 0 amide bonds. The Kier molecular flexibility index (Phi) is 2.24. The second kappa shape index (κ2) is 3.80. The summed E-state index contributed by atoms with van der Waals surface area (Å²) in [6, 6.07) is 6.36. The Labute approximate surface area is 107 Å². The predicted molar refractivity (Wildman–Crippen MR) is 69.0 cm³/mol. The van der Waals surface area contributed by atoms with Gasteiger partial charge in [0.1, 0.15) is 11.5 Å². The molecule has 0 saturated heterocycles. The standard InChI is InChI=1S/C11H10N6O2/c1-6-9-10(12)13-14-11(9)16(15-6)7-4-2-3-5-8(7)17(18)19/h2-5H,1H3,(H3,12,13,14). The number of nitrogens with two attached hydrogens (primary N) is 1. The van der Waals surface area contributed by atoms with E-state index in [1.165, 1.54) is 10.7 Å². The molecule has 3 rings (SSSR count). The molecule has 96 valence electrons. The lowest BCUT2D eigenvalue weighted by molar-refractivity contribution is -0.384. The van der Waals surface area contributed by atoms with Crippen LogP contribution in [-0.2, 0) is 0 Å². The molecule has 2 aromatic heterocycles. The van der Waals surface area contributed by atoms with Crippen molar-refractivity contribution in [1.82, 2.24) is 20.0 Å². The van der Waals surface area contributed by atoms with Crippen molar-refractivity contribution in [2.45, 2.75) is 6.92 Å². The third-order valence-corrected chi connectivity index (χ3v) is 2.89. The number of aromatic amines is 1. The fourth-order valence-electron chi connectivity index (χ4n) is 2.07. The van der Waals surface area contributed by atoms with Gasteiger partial charge in [-0.3, -0.25) is 15.2 Å². The van der Waals surface area contributed by atoms with Crippen LogP contribution in [-0.4, -0.2) is 24.9 Å². The number of para-hydroxylation sites is 2. The van der Waals surface area contributed by atoms with Gasteiger partial charge in [-0.1, -0.05) is 12.1 Å². The van der Waals surface area contributed by atoms with Crippen LogP contribution in [0.1, 0.15) is 5.69 Å². The van der Waals surface area contributed by atoms with Crippen molar-refractivity contribution >= 4 is 22.5 Å². The highest BCUT2D eigenvalue weighted by Crippen LogP contribution is 2.28. The molecule has 1 aromatic carbocycles. The average molecular weight is 258 g/mol. The molecule has 0 fully saturated rings. The number of aryl methyl sites for hydroxylation is 1. The number of hydrogen-bond donors (Lipinski definition) is 2. The maximum absolute atomic E-state index is 11.1. The van der Waals surface area contributed by atoms with Crippen molar-refractivity contribution in [3.63, 3.8) is 0 Å². The monoisotopic (exact) mass is 258 g/mol. The van der Waals surface area contributed by atoms with E-state index in [0.717, 1.165) is 0 Å². The number of nitrogen functional groups attached to an aromatic ring is 1. The zero-order valence-corrected chi connectivity index (χ0v) is 9.99. The summed E-state index contributed by atoms with van der Waals surface area (Å²) in [7, 11) is 0. The number of nitro groups is 1. The molecule has 19 heavy (non-hydrogen) atoms. The number of nitrogens with one attached hydrogen (secondary N) is 1. The van der Waals surface area contributed by atoms with Crippen LogP contribution < -0.4 is 5.73 Å². The van der Waals surface area contributed by atoms with Crippen LogP contribution in [0.4, 0.5) is 11.5 Å². The van der Waals surface area contributed by atoms with E-state index in [1.54, 1.807) is 25.1 Å². The number of H-pyrrole nitrogens is 1. The van der Waals surface area contributed by atoms with Gasteiger partial charge < -0.3 is 5.73 Å². The van der Waals surface area contributed by atoms with Gasteiger partial charge in [0, 0.05) is 6.07 Å². The van der Waals surface area contributed by atoms with Crippen LogP contribution >= 0.6 is 0 Å². The highest BCUT2D eigenvalue weighted by atomic mass is 16.6. The van der Waals surface area contributed by atoms with Crippen molar-refractivity contribution in [3.8, 4) is 5.69 Å². The number of nitro benzene ring substituents is 1. The summed E-state index contributed by atoms with van der Waals surface area (Å²) in [5.41, 5.74) is 7.23. The van der Waals surface area contributed by atoms with Gasteiger partial charge in [-0.25, -0.2) is 4.68 Å². The highest BCUT2D eigenvalue weighted by Gasteiger charge is 2.20. The molecule has 0 bridgehead atoms. The molecule has 0 aliphatic carbocycles. The molecule has 3 aromatic rings. The van der Waals surface area contributed by atoms with Gasteiger partial charge >= 0.3 is 0 Å². The minimum atomic E-state index is -0.450. The molecule has 8 nitrogen and oxygen atoms in total. The molecule has 0 saturated carbocycles. The predicted octanol–water partition coefficient (Wildman–Crippen LogP) is 1.55. The van der Waals surface area contributed by atoms with Crippen molar-refractivity contribution < 1.29 is 4.92 Å². The summed E-state index contributed by atoms with van der Waals surface area (Å²) in [5.74, 6) is 0.400. The Morgan fingerprint density at radius 2 is 2.16 bits per heavy atom. The zero-order valence-electron chi connectivity index (χ0n) is 9.99. The molecule has 0 radical (unpaired) electrons. The normalized spacial score (nSPS) is 11.0. The third kappa shape index (κ3) is 1.53. The number of rotatable bonds is 2. The molecule has 0 spiro atoms. The first-order valence-corrected chi connectivity index (χ1v) is 5.52. The van der Waals surface area contributed by atoms with Crippen LogP contribution in [0.2, 0.25) is 0 Å². The third-order valence-electron chi connectivity index (χ3n) is 2.89. The second-order valence-electron chi connectivity index (χ2n) is 4.08. The second-order valence-corrected chi connectivity index (χ2v) is 4.08. The van der Waals surface area contributed by atoms with Gasteiger partial charge in [-0.05, 0) is 13.0 Å². The van der Waals surface area contributed by atoms with E-state index in [2.05, 4.69) is 15.3 Å². The Morgan fingerprint density at radius 1 is 1.42 bits per heavy atom. The number of hydrogen-bond acceptors (Lipinski definition) is 5. The zero-order chi connectivity index (χ0) is 13.6. The van der Waals surface area contributed by atoms with E-state index >= 15 is 0 Å². The molecular weight excluding hydrogens is 248 g/mol. The summed E-state index contributed by atoms with van der Waals surface area (Å²) >= 11 is 0. The van der Waals surface area contributed by atoms with Gasteiger partial charge in [-0.2, -0.15) is 10.2 Å². The largest absolute Gasteiger partial charge is 0.383 e. The minimum absolute atomic E-state index is 0.0338. The molecule has 3 N–H and O–H groups in total. The minimum Gasteiger partial charge on any atom is -0.383 e. The fourth-order valence-corrected chi connectivity index (χ4v) is 2.07. The Balaban J connectivity index is 2.34. The smallest absolute Gasteiger partial charge is 0.294 e. The Bertz CT molecular complexity index is 788. The van der Waals surface area contributed by atoms with Gasteiger partial charge in [0.05, 0.1) is 16.0 Å². The molecule has 8 heteroatoms. The molecular formula is C11H10N6O2. The summed E-state index contributed by atoms with van der Waals surface area (Å²) < 4.78 is 1.43. The van der Waals surface area contributed by atoms with Crippen LogP contribution in [0, 0.1) is 17.0 Å². The quantitative estimate of drug-likeness (QED) is 0.534. The first-order valence-electron chi connectivity index (χ1n) is 5.52. The van der Waals surface area contributed by atoms with Crippen molar-refractivity contribution in [1.29, 1.82) is 0 Å². The van der Waals surface area contributed by atoms with Crippen LogP contribution in [0.25, 0.3) is 16.7 Å². The van der Waals surface area contributed by atoms with Crippen molar-refractivity contribution in [2.75, 3.05) is 5.73 Å². The summed E-state index contributed by atoms with van der Waals surface area (Å²) in [6.07, 6.45) is 0. The van der Waals surface area contributed by atoms with Crippen molar-refractivity contribution in [3.05, 3.63) is 40.1 Å². The molecule has 2 heterocycles. The van der Waals surface area contributed by atoms with E-state index < -0.39 is 4.92 Å². The summed E-state index contributed by atoms with van der Waals surface area (Å²) in [4.78, 5) is 10.6. The lowest BCUT2D eigenvalue weighted by Crippen LogP contribution is -2.02. The van der Waals surface area contributed by atoms with Crippen molar-refractivity contribution in [2.24, 2.45) is 0 Å². The first-order chi connectivity index (χ1) is 9.09. The van der Waals surface area contributed by atoms with Gasteiger partial charge in [0.15, 0.2) is 5.65 Å². The lowest BCUT2D eigenvalue weighted by Gasteiger charge is -2.02. The van der Waals surface area contributed by atoms with Gasteiger partial charge in [0.2, 0.25) is 0 Å². The van der Waals surface area contributed by atoms with E-state index in [1.807, 2.05) is 0 Å². The maximum Gasteiger partial charge on any atom is 0.294 e. The fraction of sp³-hybridized carbons (Fsp3) is 0.0909. The number of nitrogens with zero attached hydrogens (tertiary/aromatic N) is 4. The lowest BCUT2D eigenvalue weighted by atomic mass is 10.2. The van der Waals surface area contributed by atoms with Crippen LogP contribution in [0.15, 0.2) is 24.3 Å². The topological polar surface area (TPSA) is 116 Å². The van der Waals surface area contributed by atoms with E-state index in [0.29, 0.717) is 28.2 Å². The van der Waals surface area contributed by atoms with Crippen LogP contribution in [0.3, 0.4) is 0 Å². The highest BCUT2D eigenvalue weighted by molar-refractivity contribution is 5.90. The van der Waals surface area contributed by atoms with Gasteiger partial charge in [0.25, 0.3) is 5.69 Å².